The molecule has 5 aromatic rings. The number of ether oxygens (including phenoxy) is 1. The summed E-state index contributed by atoms with van der Waals surface area (Å²) in [5.74, 6) is 0.531. The van der Waals surface area contributed by atoms with Gasteiger partial charge in [0.25, 0.3) is 0 Å². The Balaban J connectivity index is 1.22. The number of rotatable bonds is 8. The molecule has 4 N–H and O–H groups in total. The number of carbonyl (C=O) groups is 1. The first kappa shape index (κ1) is 23.6. The zero-order chi connectivity index (χ0) is 26.4. The molecular weight excluding hydrogens is 484 g/mol. The van der Waals surface area contributed by atoms with Crippen molar-refractivity contribution in [3.63, 3.8) is 0 Å². The van der Waals surface area contributed by atoms with E-state index in [0.717, 1.165) is 27.5 Å². The van der Waals surface area contributed by atoms with Gasteiger partial charge in [0.1, 0.15) is 18.2 Å². The second kappa shape index (κ2) is 9.25. The molecule has 38 heavy (non-hydrogen) atoms. The molecule has 11 nitrogen and oxygen atoms in total. The third-order valence-corrected chi connectivity index (χ3v) is 6.85. The summed E-state index contributed by atoms with van der Waals surface area (Å²) < 4.78 is 7.72. The number of fused-ring (bicyclic) bond motifs is 2. The third-order valence-electron chi connectivity index (χ3n) is 6.85. The fourth-order valence-corrected chi connectivity index (χ4v) is 4.66. The molecule has 1 aliphatic carbocycles. The van der Waals surface area contributed by atoms with Crippen LogP contribution in [-0.4, -0.2) is 40.4 Å². The van der Waals surface area contributed by atoms with Crippen LogP contribution in [0.25, 0.3) is 16.6 Å². The highest BCUT2D eigenvalue weighted by Crippen LogP contribution is 2.39. The number of benzene rings is 1. The Bertz CT molecular complexity index is 1710. The number of nitrogen functional groups attached to an aromatic ring is 1. The minimum absolute atomic E-state index is 0.107. The predicted molar refractivity (Wildman–Crippen MR) is 141 cm³/mol. The van der Waals surface area contributed by atoms with Crippen LogP contribution >= 0.6 is 0 Å². The van der Waals surface area contributed by atoms with Crippen molar-refractivity contribution in [2.24, 2.45) is 0 Å². The normalized spacial score (nSPS) is 13.2. The van der Waals surface area contributed by atoms with Gasteiger partial charge in [-0.3, -0.25) is 4.40 Å². The van der Waals surface area contributed by atoms with Crippen LogP contribution in [0.2, 0.25) is 0 Å². The van der Waals surface area contributed by atoms with Crippen LogP contribution in [0, 0.1) is 13.8 Å². The van der Waals surface area contributed by atoms with Crippen molar-refractivity contribution in [3.8, 4) is 5.88 Å². The largest absolute Gasteiger partial charge is 0.475 e. The lowest BCUT2D eigenvalue weighted by atomic mass is 9.96. The Morgan fingerprint density at radius 1 is 1.16 bits per heavy atom. The van der Waals surface area contributed by atoms with Gasteiger partial charge in [-0.15, -0.1) is 0 Å². The molecule has 0 bridgehead atoms. The highest BCUT2D eigenvalue weighted by atomic mass is 16.5. The molecule has 4 heterocycles. The van der Waals surface area contributed by atoms with Gasteiger partial charge >= 0.3 is 5.97 Å². The molecule has 4 aromatic heterocycles. The smallest absolute Gasteiger partial charge is 0.374 e. The summed E-state index contributed by atoms with van der Waals surface area (Å²) in [4.78, 5) is 33.0. The van der Waals surface area contributed by atoms with E-state index in [0.29, 0.717) is 35.6 Å². The molecule has 192 valence electrons. The van der Waals surface area contributed by atoms with Crippen LogP contribution in [0.4, 0.5) is 11.6 Å². The number of anilines is 2. The van der Waals surface area contributed by atoms with Crippen LogP contribution in [0.5, 0.6) is 5.88 Å². The lowest BCUT2D eigenvalue weighted by molar-refractivity contribution is 0.0682. The van der Waals surface area contributed by atoms with Crippen molar-refractivity contribution in [2.75, 3.05) is 11.1 Å². The number of carboxylic acids is 1. The molecule has 0 unspecified atom stereocenters. The first-order chi connectivity index (χ1) is 18.4. The lowest BCUT2D eigenvalue weighted by Crippen LogP contribution is -2.11. The van der Waals surface area contributed by atoms with Gasteiger partial charge in [-0.05, 0) is 72.4 Å². The molecule has 0 saturated heterocycles. The van der Waals surface area contributed by atoms with Crippen LogP contribution in [0.3, 0.4) is 0 Å². The maximum Gasteiger partial charge on any atom is 0.374 e. The monoisotopic (exact) mass is 510 g/mol. The SMILES string of the molecule is Cc1cc2c(N)nccc2c(C)c1CNc1cc(OCc2cn3cc(C4CC4)cnc3n2)nc(C(=O)O)n1. The zero-order valence-corrected chi connectivity index (χ0v) is 21.0. The summed E-state index contributed by atoms with van der Waals surface area (Å²) in [6.07, 6.45) is 9.86. The van der Waals surface area contributed by atoms with Crippen LogP contribution in [-0.2, 0) is 13.2 Å². The van der Waals surface area contributed by atoms with Gasteiger partial charge in [0, 0.05) is 42.8 Å². The van der Waals surface area contributed by atoms with E-state index in [2.05, 4.69) is 30.2 Å². The molecular formula is C27H26N8O3. The Morgan fingerprint density at radius 3 is 2.79 bits per heavy atom. The molecule has 1 fully saturated rings. The fraction of sp³-hybridized carbons (Fsp3) is 0.259. The lowest BCUT2D eigenvalue weighted by Gasteiger charge is -2.15. The van der Waals surface area contributed by atoms with Crippen LogP contribution in [0.15, 0.2) is 43.0 Å². The molecule has 1 aromatic carbocycles. The third kappa shape index (κ3) is 4.54. The summed E-state index contributed by atoms with van der Waals surface area (Å²) in [5.41, 5.74) is 11.1. The second-order valence-corrected chi connectivity index (χ2v) is 9.55. The number of imidazole rings is 1. The van der Waals surface area contributed by atoms with Gasteiger partial charge in [0.2, 0.25) is 17.5 Å². The van der Waals surface area contributed by atoms with Gasteiger partial charge in [-0.2, -0.15) is 4.98 Å². The zero-order valence-electron chi connectivity index (χ0n) is 21.0. The summed E-state index contributed by atoms with van der Waals surface area (Å²) in [6.45, 7) is 4.56. The van der Waals surface area contributed by atoms with Gasteiger partial charge in [-0.1, -0.05) is 0 Å². The maximum absolute atomic E-state index is 11.7. The predicted octanol–water partition coefficient (Wildman–Crippen LogP) is 4.03. The van der Waals surface area contributed by atoms with E-state index in [4.69, 9.17) is 10.5 Å². The molecule has 6 rings (SSSR count). The number of aromatic nitrogens is 6. The summed E-state index contributed by atoms with van der Waals surface area (Å²) >= 11 is 0. The number of pyridine rings is 1. The molecule has 1 saturated carbocycles. The number of nitrogens with two attached hydrogens (primary N) is 1. The van der Waals surface area contributed by atoms with Crippen molar-refractivity contribution in [1.82, 2.24) is 29.3 Å². The molecule has 0 amide bonds. The van der Waals surface area contributed by atoms with Gasteiger partial charge < -0.3 is 20.9 Å². The Kier molecular flexibility index (Phi) is 5.74. The average Bonchev–Trinajstić information content (AvgIpc) is 3.67. The summed E-state index contributed by atoms with van der Waals surface area (Å²) in [7, 11) is 0. The second-order valence-electron chi connectivity index (χ2n) is 9.55. The van der Waals surface area contributed by atoms with E-state index in [1.807, 2.05) is 49.0 Å². The molecule has 0 radical (unpaired) electrons. The summed E-state index contributed by atoms with van der Waals surface area (Å²) in [5, 5.41) is 14.7. The van der Waals surface area contributed by atoms with Gasteiger partial charge in [0.05, 0.1) is 5.69 Å². The fourth-order valence-electron chi connectivity index (χ4n) is 4.66. The molecule has 0 spiro atoms. The number of aromatic carboxylic acids is 1. The van der Waals surface area contributed by atoms with Crippen molar-refractivity contribution < 1.29 is 14.6 Å². The first-order valence-corrected chi connectivity index (χ1v) is 12.3. The van der Waals surface area contributed by atoms with Crippen molar-refractivity contribution in [1.29, 1.82) is 0 Å². The van der Waals surface area contributed by atoms with E-state index in [-0.39, 0.29) is 18.3 Å². The maximum atomic E-state index is 11.7. The number of hydrogen-bond acceptors (Lipinski definition) is 9. The Morgan fingerprint density at radius 2 is 2.00 bits per heavy atom. The van der Waals surface area contributed by atoms with E-state index in [9.17, 15) is 9.90 Å². The van der Waals surface area contributed by atoms with Gasteiger partial charge in [-0.25, -0.2) is 24.7 Å². The van der Waals surface area contributed by atoms with Gasteiger partial charge in [0.15, 0.2) is 0 Å². The Labute approximate surface area is 217 Å². The highest BCUT2D eigenvalue weighted by molar-refractivity contribution is 5.94. The molecule has 11 heteroatoms. The van der Waals surface area contributed by atoms with Crippen molar-refractivity contribution in [2.45, 2.75) is 45.8 Å². The summed E-state index contributed by atoms with van der Waals surface area (Å²) in [6, 6.07) is 5.53. The van der Waals surface area contributed by atoms with Crippen LogP contribution < -0.4 is 15.8 Å². The van der Waals surface area contributed by atoms with Crippen molar-refractivity contribution in [3.05, 3.63) is 76.8 Å². The molecule has 0 atom stereocenters. The number of nitrogens with zero attached hydrogens (tertiary/aromatic N) is 6. The quantitative estimate of drug-likeness (QED) is 0.279. The number of aryl methyl sites for hydroxylation is 2. The highest BCUT2D eigenvalue weighted by Gasteiger charge is 2.24. The number of nitrogens with one attached hydrogen (secondary N) is 1. The minimum Gasteiger partial charge on any atom is -0.475 e. The van der Waals surface area contributed by atoms with E-state index in [1.54, 1.807) is 12.3 Å². The number of carboxylic acid groups (broad SMARTS) is 1. The van der Waals surface area contributed by atoms with Crippen molar-refractivity contribution >= 4 is 34.2 Å². The Hall–Kier alpha value is -4.80. The molecule has 1 aliphatic rings. The van der Waals surface area contributed by atoms with E-state index >= 15 is 0 Å². The standard InChI is InChI=1S/C27H26N8O3/c1-14-7-20-19(5-6-29-24(20)28)15(2)21(14)10-30-22-8-23(34-25(33-22)26(36)37)38-13-18-12-35-11-17(16-3-4-16)9-31-27(35)32-18/h5-9,11-12,16H,3-4,10,13H2,1-2H3,(H2,28,29)(H,36,37)(H,30,33,34). The number of hydrogen-bond donors (Lipinski definition) is 3. The first-order valence-electron chi connectivity index (χ1n) is 12.3. The average molecular weight is 511 g/mol. The molecule has 0 aliphatic heterocycles. The van der Waals surface area contributed by atoms with E-state index in [1.165, 1.54) is 18.4 Å². The minimum atomic E-state index is -1.25. The van der Waals surface area contributed by atoms with E-state index < -0.39 is 5.97 Å². The topological polar surface area (TPSA) is 153 Å². The van der Waals surface area contributed by atoms with Crippen LogP contribution in [0.1, 0.15) is 57.3 Å².